The van der Waals surface area contributed by atoms with Gasteiger partial charge in [-0.2, -0.15) is 0 Å². The highest BCUT2D eigenvalue weighted by atomic mass is 32.2. The van der Waals surface area contributed by atoms with Crippen LogP contribution in [-0.2, 0) is 0 Å². The highest BCUT2D eigenvalue weighted by Gasteiger charge is 2.04. The van der Waals surface area contributed by atoms with Gasteiger partial charge in [-0.05, 0) is 37.6 Å². The zero-order valence-corrected chi connectivity index (χ0v) is 14.5. The Hall–Kier alpha value is -1.53. The molecular formula is C16H21N3OS2. The van der Waals surface area contributed by atoms with Gasteiger partial charge in [0, 0.05) is 28.2 Å². The van der Waals surface area contributed by atoms with E-state index in [0.717, 1.165) is 46.4 Å². The molecule has 0 unspecified atom stereocenters. The predicted molar refractivity (Wildman–Crippen MR) is 94.0 cm³/mol. The number of nitrogens with zero attached hydrogens (tertiary/aromatic N) is 1. The SMILES string of the molecule is CCCCCNC(=O)Nc1ccc(Sc2nc(C)cs2)cc1. The van der Waals surface area contributed by atoms with Crippen LogP contribution in [0.2, 0.25) is 0 Å². The molecule has 4 nitrogen and oxygen atoms in total. The number of nitrogens with one attached hydrogen (secondary N) is 2. The summed E-state index contributed by atoms with van der Waals surface area (Å²) in [6.07, 6.45) is 3.32. The summed E-state index contributed by atoms with van der Waals surface area (Å²) >= 11 is 3.28. The van der Waals surface area contributed by atoms with Crippen LogP contribution >= 0.6 is 23.1 Å². The second-order valence-corrected chi connectivity index (χ2v) is 7.15. The average molecular weight is 335 g/mol. The molecule has 2 aromatic rings. The molecule has 0 aliphatic carbocycles. The largest absolute Gasteiger partial charge is 0.338 e. The number of amides is 2. The lowest BCUT2D eigenvalue weighted by atomic mass is 10.2. The number of aryl methyl sites for hydroxylation is 1. The van der Waals surface area contributed by atoms with E-state index in [9.17, 15) is 4.79 Å². The van der Waals surface area contributed by atoms with Crippen molar-refractivity contribution in [3.63, 3.8) is 0 Å². The average Bonchev–Trinajstić information content (AvgIpc) is 2.91. The van der Waals surface area contributed by atoms with Gasteiger partial charge in [-0.3, -0.25) is 0 Å². The van der Waals surface area contributed by atoms with Crippen molar-refractivity contribution in [3.05, 3.63) is 35.3 Å². The highest BCUT2D eigenvalue weighted by molar-refractivity contribution is 8.01. The fourth-order valence-electron chi connectivity index (χ4n) is 1.84. The normalized spacial score (nSPS) is 10.5. The molecule has 2 N–H and O–H groups in total. The zero-order valence-electron chi connectivity index (χ0n) is 12.9. The molecule has 1 aromatic carbocycles. The van der Waals surface area contributed by atoms with Gasteiger partial charge in [0.15, 0.2) is 4.34 Å². The first-order chi connectivity index (χ1) is 10.7. The minimum absolute atomic E-state index is 0.146. The third-order valence-electron chi connectivity index (χ3n) is 2.98. The molecule has 0 atom stereocenters. The summed E-state index contributed by atoms with van der Waals surface area (Å²) in [6.45, 7) is 4.86. The second-order valence-electron chi connectivity index (χ2n) is 4.97. The van der Waals surface area contributed by atoms with Gasteiger partial charge in [0.2, 0.25) is 0 Å². The quantitative estimate of drug-likeness (QED) is 0.707. The van der Waals surface area contributed by atoms with Crippen molar-refractivity contribution in [2.75, 3.05) is 11.9 Å². The maximum Gasteiger partial charge on any atom is 0.319 e. The van der Waals surface area contributed by atoms with E-state index < -0.39 is 0 Å². The summed E-state index contributed by atoms with van der Waals surface area (Å²) in [7, 11) is 0. The standard InChI is InChI=1S/C16H21N3OS2/c1-3-4-5-10-17-15(20)19-13-6-8-14(9-7-13)22-16-18-12(2)11-21-16/h6-9,11H,3-5,10H2,1-2H3,(H2,17,19,20). The van der Waals surface area contributed by atoms with E-state index in [-0.39, 0.29) is 6.03 Å². The molecule has 2 rings (SSSR count). The van der Waals surface area contributed by atoms with Crippen molar-refractivity contribution in [3.8, 4) is 0 Å². The number of hydrogen-bond acceptors (Lipinski definition) is 4. The van der Waals surface area contributed by atoms with Crippen molar-refractivity contribution in [1.82, 2.24) is 10.3 Å². The number of unbranched alkanes of at least 4 members (excludes halogenated alkanes) is 2. The molecule has 0 aliphatic rings. The third kappa shape index (κ3) is 5.69. The van der Waals surface area contributed by atoms with E-state index >= 15 is 0 Å². The van der Waals surface area contributed by atoms with Crippen molar-refractivity contribution in [2.24, 2.45) is 0 Å². The number of anilines is 1. The van der Waals surface area contributed by atoms with Crippen molar-refractivity contribution >= 4 is 34.8 Å². The molecule has 0 saturated heterocycles. The summed E-state index contributed by atoms with van der Waals surface area (Å²) < 4.78 is 1.03. The Kier molecular flexibility index (Phi) is 6.74. The highest BCUT2D eigenvalue weighted by Crippen LogP contribution is 2.30. The lowest BCUT2D eigenvalue weighted by Crippen LogP contribution is -2.29. The van der Waals surface area contributed by atoms with Crippen LogP contribution < -0.4 is 10.6 Å². The predicted octanol–water partition coefficient (Wildman–Crippen LogP) is 4.91. The van der Waals surface area contributed by atoms with Gasteiger partial charge in [-0.1, -0.05) is 31.5 Å². The molecule has 6 heteroatoms. The number of aromatic nitrogens is 1. The summed E-state index contributed by atoms with van der Waals surface area (Å²) in [5.41, 5.74) is 1.85. The first-order valence-electron chi connectivity index (χ1n) is 7.42. The number of hydrogen-bond donors (Lipinski definition) is 2. The van der Waals surface area contributed by atoms with Crippen LogP contribution in [0.1, 0.15) is 31.9 Å². The smallest absolute Gasteiger partial charge is 0.319 e. The summed E-state index contributed by atoms with van der Waals surface area (Å²) in [4.78, 5) is 17.3. The number of carbonyl (C=O) groups is 1. The zero-order chi connectivity index (χ0) is 15.8. The molecule has 0 aliphatic heterocycles. The molecule has 22 heavy (non-hydrogen) atoms. The molecule has 0 spiro atoms. The second kappa shape index (κ2) is 8.80. The number of rotatable bonds is 7. The van der Waals surface area contributed by atoms with Gasteiger partial charge in [0.1, 0.15) is 0 Å². The molecular weight excluding hydrogens is 314 g/mol. The number of carbonyl (C=O) groups excluding carboxylic acids is 1. The Morgan fingerprint density at radius 1 is 1.27 bits per heavy atom. The minimum atomic E-state index is -0.146. The fourth-order valence-corrected chi connectivity index (χ4v) is 3.65. The molecule has 1 heterocycles. The van der Waals surface area contributed by atoms with E-state index in [1.165, 1.54) is 0 Å². The van der Waals surface area contributed by atoms with Crippen LogP contribution in [0, 0.1) is 6.92 Å². The Morgan fingerprint density at radius 3 is 2.68 bits per heavy atom. The molecule has 0 bridgehead atoms. The summed E-state index contributed by atoms with van der Waals surface area (Å²) in [5, 5.41) is 7.74. The topological polar surface area (TPSA) is 54.0 Å². The first kappa shape index (κ1) is 16.8. The molecule has 118 valence electrons. The van der Waals surface area contributed by atoms with Gasteiger partial charge in [0.25, 0.3) is 0 Å². The van der Waals surface area contributed by atoms with E-state index in [4.69, 9.17) is 0 Å². The summed E-state index contributed by atoms with van der Waals surface area (Å²) in [5.74, 6) is 0. The van der Waals surface area contributed by atoms with Gasteiger partial charge < -0.3 is 10.6 Å². The van der Waals surface area contributed by atoms with Crippen molar-refractivity contribution < 1.29 is 4.79 Å². The van der Waals surface area contributed by atoms with Gasteiger partial charge in [-0.25, -0.2) is 9.78 Å². The van der Waals surface area contributed by atoms with Gasteiger partial charge in [-0.15, -0.1) is 11.3 Å². The molecule has 0 radical (unpaired) electrons. The summed E-state index contributed by atoms with van der Waals surface area (Å²) in [6, 6.07) is 7.66. The monoisotopic (exact) mass is 335 g/mol. The van der Waals surface area contributed by atoms with E-state index in [1.54, 1.807) is 23.1 Å². The Labute approximate surface area is 139 Å². The fraction of sp³-hybridized carbons (Fsp3) is 0.375. The Morgan fingerprint density at radius 2 is 2.05 bits per heavy atom. The number of benzene rings is 1. The van der Waals surface area contributed by atoms with Crippen molar-refractivity contribution in [1.29, 1.82) is 0 Å². The lowest BCUT2D eigenvalue weighted by Gasteiger charge is -2.07. The first-order valence-corrected chi connectivity index (χ1v) is 9.12. The van der Waals surface area contributed by atoms with Crippen LogP contribution in [0.15, 0.2) is 38.9 Å². The maximum absolute atomic E-state index is 11.7. The van der Waals surface area contributed by atoms with Gasteiger partial charge in [0.05, 0.1) is 0 Å². The number of urea groups is 1. The van der Waals surface area contributed by atoms with Crippen LogP contribution in [-0.4, -0.2) is 17.6 Å². The minimum Gasteiger partial charge on any atom is -0.338 e. The van der Waals surface area contributed by atoms with E-state index in [0.29, 0.717) is 0 Å². The molecule has 1 aromatic heterocycles. The van der Waals surface area contributed by atoms with Crippen LogP contribution in [0.25, 0.3) is 0 Å². The van der Waals surface area contributed by atoms with E-state index in [2.05, 4.69) is 22.5 Å². The lowest BCUT2D eigenvalue weighted by molar-refractivity contribution is 0.252. The maximum atomic E-state index is 11.7. The van der Waals surface area contributed by atoms with Gasteiger partial charge >= 0.3 is 6.03 Å². The third-order valence-corrected chi connectivity index (χ3v) is 5.05. The van der Waals surface area contributed by atoms with Crippen LogP contribution in [0.4, 0.5) is 10.5 Å². The molecule has 2 amide bonds. The van der Waals surface area contributed by atoms with Crippen LogP contribution in [0.3, 0.4) is 0 Å². The number of thiazole rings is 1. The van der Waals surface area contributed by atoms with E-state index in [1.807, 2.05) is 36.6 Å². The molecule has 0 saturated carbocycles. The van der Waals surface area contributed by atoms with Crippen LogP contribution in [0.5, 0.6) is 0 Å². The Bertz CT molecular complexity index is 596. The Balaban J connectivity index is 1.80. The molecule has 0 fully saturated rings. The van der Waals surface area contributed by atoms with Crippen molar-refractivity contribution in [2.45, 2.75) is 42.3 Å².